The van der Waals surface area contributed by atoms with Crippen LogP contribution in [0.5, 0.6) is 0 Å². The standard InChI is InChI=1S/C9H18O4.H2O2/c1-5-6-7-8(10)11-13-12-9(2,3)4;1-2/h5-7H2,1-4H3;1-2H. The van der Waals surface area contributed by atoms with Crippen LogP contribution in [0, 0.1) is 0 Å². The zero-order valence-electron chi connectivity index (χ0n) is 9.65. The van der Waals surface area contributed by atoms with E-state index in [1.807, 2.05) is 6.92 Å². The average molecular weight is 224 g/mol. The van der Waals surface area contributed by atoms with Gasteiger partial charge in [0.25, 0.3) is 0 Å². The van der Waals surface area contributed by atoms with Crippen molar-refractivity contribution in [2.45, 2.75) is 52.6 Å². The highest BCUT2D eigenvalue weighted by atomic mass is 17.5. The van der Waals surface area contributed by atoms with Crippen molar-refractivity contribution < 1.29 is 30.1 Å². The Morgan fingerprint density at radius 2 is 1.80 bits per heavy atom. The molecule has 0 saturated carbocycles. The molecule has 0 aliphatic carbocycles. The molecular weight excluding hydrogens is 204 g/mol. The minimum absolute atomic E-state index is 0.365. The molecule has 0 aromatic heterocycles. The fraction of sp³-hybridized carbons (Fsp3) is 0.889. The Labute approximate surface area is 89.5 Å². The van der Waals surface area contributed by atoms with Crippen molar-refractivity contribution in [2.24, 2.45) is 0 Å². The highest BCUT2D eigenvalue weighted by molar-refractivity contribution is 5.68. The smallest absolute Gasteiger partial charge is 0.269 e. The topological polar surface area (TPSA) is 85.2 Å². The van der Waals surface area contributed by atoms with Crippen LogP contribution < -0.4 is 0 Å². The van der Waals surface area contributed by atoms with Crippen LogP contribution in [0.4, 0.5) is 0 Å². The molecule has 6 heteroatoms. The van der Waals surface area contributed by atoms with Crippen molar-refractivity contribution in [1.82, 2.24) is 0 Å². The van der Waals surface area contributed by atoms with Crippen LogP contribution in [0.15, 0.2) is 0 Å². The van der Waals surface area contributed by atoms with Gasteiger partial charge >= 0.3 is 5.97 Å². The molecule has 0 spiro atoms. The summed E-state index contributed by atoms with van der Waals surface area (Å²) in [6.07, 6.45) is 2.12. The number of carbonyl (C=O) groups is 1. The summed E-state index contributed by atoms with van der Waals surface area (Å²) in [6, 6.07) is 0. The first kappa shape index (κ1) is 16.7. The summed E-state index contributed by atoms with van der Waals surface area (Å²) >= 11 is 0. The molecule has 15 heavy (non-hydrogen) atoms. The van der Waals surface area contributed by atoms with Gasteiger partial charge in [-0.3, -0.25) is 15.4 Å². The lowest BCUT2D eigenvalue weighted by Crippen LogP contribution is -2.20. The third-order valence-corrected chi connectivity index (χ3v) is 1.15. The van der Waals surface area contributed by atoms with E-state index in [0.717, 1.165) is 12.8 Å². The van der Waals surface area contributed by atoms with E-state index in [2.05, 4.69) is 9.93 Å². The van der Waals surface area contributed by atoms with Gasteiger partial charge in [0.05, 0.1) is 5.60 Å². The van der Waals surface area contributed by atoms with E-state index >= 15 is 0 Å². The van der Waals surface area contributed by atoms with Crippen LogP contribution in [0.2, 0.25) is 0 Å². The Morgan fingerprint density at radius 3 is 2.20 bits per heavy atom. The van der Waals surface area contributed by atoms with E-state index in [0.29, 0.717) is 6.42 Å². The Bertz CT molecular complexity index is 151. The molecule has 0 aromatic carbocycles. The first-order valence-electron chi connectivity index (χ1n) is 4.71. The van der Waals surface area contributed by atoms with Crippen molar-refractivity contribution in [3.8, 4) is 0 Å². The van der Waals surface area contributed by atoms with E-state index in [1.165, 1.54) is 0 Å². The number of hydrogen-bond donors (Lipinski definition) is 2. The summed E-state index contributed by atoms with van der Waals surface area (Å²) < 4.78 is 0. The highest BCUT2D eigenvalue weighted by Gasteiger charge is 2.13. The predicted molar refractivity (Wildman–Crippen MR) is 52.8 cm³/mol. The van der Waals surface area contributed by atoms with Crippen LogP contribution in [0.1, 0.15) is 47.0 Å². The lowest BCUT2D eigenvalue weighted by molar-refractivity contribution is -0.514. The van der Waals surface area contributed by atoms with Crippen LogP contribution >= 0.6 is 0 Å². The van der Waals surface area contributed by atoms with E-state index in [1.54, 1.807) is 20.8 Å². The van der Waals surface area contributed by atoms with Gasteiger partial charge in [-0.2, -0.15) is 4.89 Å². The maximum Gasteiger partial charge on any atom is 0.345 e. The SMILES string of the molecule is CCCCC(=O)OOOC(C)(C)C.OO. The summed E-state index contributed by atoms with van der Waals surface area (Å²) in [7, 11) is 0. The highest BCUT2D eigenvalue weighted by Crippen LogP contribution is 2.07. The van der Waals surface area contributed by atoms with Crippen molar-refractivity contribution in [1.29, 1.82) is 0 Å². The van der Waals surface area contributed by atoms with Crippen molar-refractivity contribution >= 4 is 5.97 Å². The van der Waals surface area contributed by atoms with Gasteiger partial charge in [0.15, 0.2) is 0 Å². The summed E-state index contributed by atoms with van der Waals surface area (Å²) in [6.45, 7) is 7.40. The van der Waals surface area contributed by atoms with E-state index < -0.39 is 11.6 Å². The Morgan fingerprint density at radius 1 is 1.27 bits per heavy atom. The first-order valence-corrected chi connectivity index (χ1v) is 4.71. The molecule has 92 valence electrons. The molecule has 0 radical (unpaired) electrons. The van der Waals surface area contributed by atoms with Crippen molar-refractivity contribution in [3.63, 3.8) is 0 Å². The zero-order valence-corrected chi connectivity index (χ0v) is 9.65. The molecule has 0 aromatic rings. The third kappa shape index (κ3) is 16.0. The fourth-order valence-electron chi connectivity index (χ4n) is 0.520. The average Bonchev–Trinajstić information content (AvgIpc) is 2.16. The summed E-state index contributed by atoms with van der Waals surface area (Å²) in [5, 5.41) is 16.3. The van der Waals surface area contributed by atoms with E-state index in [9.17, 15) is 4.79 Å². The second-order valence-electron chi connectivity index (χ2n) is 3.82. The minimum Gasteiger partial charge on any atom is -0.269 e. The molecule has 0 aliphatic heterocycles. The molecule has 0 rings (SSSR count). The molecule has 0 bridgehead atoms. The second kappa shape index (κ2) is 9.85. The molecule has 0 saturated heterocycles. The van der Waals surface area contributed by atoms with Crippen LogP contribution in [0.25, 0.3) is 0 Å². The quantitative estimate of drug-likeness (QED) is 0.551. The van der Waals surface area contributed by atoms with Gasteiger partial charge in [0.2, 0.25) is 0 Å². The third-order valence-electron chi connectivity index (χ3n) is 1.15. The number of rotatable bonds is 5. The second-order valence-corrected chi connectivity index (χ2v) is 3.82. The number of hydrogen-bond acceptors (Lipinski definition) is 6. The predicted octanol–water partition coefficient (Wildman–Crippen LogP) is 2.40. The first-order chi connectivity index (χ1) is 6.95. The number of carbonyl (C=O) groups excluding carboxylic acids is 1. The molecule has 0 heterocycles. The van der Waals surface area contributed by atoms with Crippen molar-refractivity contribution in [2.75, 3.05) is 0 Å². The minimum atomic E-state index is -0.467. The van der Waals surface area contributed by atoms with Gasteiger partial charge in [-0.05, 0) is 32.2 Å². The van der Waals surface area contributed by atoms with Gasteiger partial charge in [-0.25, -0.2) is 4.79 Å². The fourth-order valence-corrected chi connectivity index (χ4v) is 0.520. The largest absolute Gasteiger partial charge is 0.345 e. The van der Waals surface area contributed by atoms with Gasteiger partial charge < -0.3 is 0 Å². The summed E-state index contributed by atoms with van der Waals surface area (Å²) in [4.78, 5) is 20.0. The van der Waals surface area contributed by atoms with E-state index in [4.69, 9.17) is 15.4 Å². The lowest BCUT2D eigenvalue weighted by atomic mass is 10.2. The Hall–Kier alpha value is -0.690. The normalized spacial score (nSPS) is 10.3. The molecule has 6 nitrogen and oxygen atoms in total. The van der Waals surface area contributed by atoms with Crippen molar-refractivity contribution in [3.05, 3.63) is 0 Å². The molecule has 0 atom stereocenters. The molecular formula is C9H20O6. The molecule has 0 amide bonds. The van der Waals surface area contributed by atoms with E-state index in [-0.39, 0.29) is 0 Å². The summed E-state index contributed by atoms with van der Waals surface area (Å²) in [5.41, 5.74) is -0.467. The molecule has 0 fully saturated rings. The summed E-state index contributed by atoms with van der Waals surface area (Å²) in [5.74, 6) is -0.397. The Kier molecular flexibility index (Phi) is 11.0. The maximum absolute atomic E-state index is 10.9. The molecule has 0 aliphatic rings. The van der Waals surface area contributed by atoms with Gasteiger partial charge in [0, 0.05) is 6.42 Å². The van der Waals surface area contributed by atoms with Crippen LogP contribution in [-0.2, 0) is 19.6 Å². The van der Waals surface area contributed by atoms with Gasteiger partial charge in [0.1, 0.15) is 0 Å². The Balaban J connectivity index is 0. The van der Waals surface area contributed by atoms with Crippen LogP contribution in [0.3, 0.4) is 0 Å². The zero-order chi connectivity index (χ0) is 12.3. The maximum atomic E-state index is 10.9. The monoisotopic (exact) mass is 224 g/mol. The molecule has 0 unspecified atom stereocenters. The lowest BCUT2D eigenvalue weighted by Gasteiger charge is -2.15. The van der Waals surface area contributed by atoms with Gasteiger partial charge in [-0.15, -0.1) is 0 Å². The van der Waals surface area contributed by atoms with Gasteiger partial charge in [-0.1, -0.05) is 13.3 Å². The molecule has 2 N–H and O–H groups in total. The number of unbranched alkanes of at least 4 members (excludes halogenated alkanes) is 1. The van der Waals surface area contributed by atoms with Crippen LogP contribution in [-0.4, -0.2) is 22.1 Å².